The second-order valence-electron chi connectivity index (χ2n) is 4.56. The molecular formula is C15H18N2O2. The molecule has 4 heteroatoms. The highest BCUT2D eigenvalue weighted by molar-refractivity contribution is 5.82. The predicted octanol–water partition coefficient (Wildman–Crippen LogP) is 3.34. The first-order chi connectivity index (χ1) is 9.17. The van der Waals surface area contributed by atoms with E-state index in [1.807, 2.05) is 35.9 Å². The van der Waals surface area contributed by atoms with E-state index in [2.05, 4.69) is 18.9 Å². The van der Waals surface area contributed by atoms with Crippen LogP contribution in [0.4, 0.5) is 0 Å². The lowest BCUT2D eigenvalue weighted by Crippen LogP contribution is -2.05. The highest BCUT2D eigenvalue weighted by atomic mass is 16.5. The molecule has 0 aliphatic heterocycles. The summed E-state index contributed by atoms with van der Waals surface area (Å²) in [6, 6.07) is 7.85. The third kappa shape index (κ3) is 2.67. The Hall–Kier alpha value is -2.10. The molecule has 0 fully saturated rings. The molecule has 19 heavy (non-hydrogen) atoms. The van der Waals surface area contributed by atoms with Gasteiger partial charge in [-0.15, -0.1) is 0 Å². The standard InChI is InChI=1S/C15H18N2O2/c1-4-19-15-6-5-12(9-13(15)10-18)14-7-8-16-17(14)11(2)3/h5-11H,4H2,1-3H3. The lowest BCUT2D eigenvalue weighted by molar-refractivity contribution is 0.112. The summed E-state index contributed by atoms with van der Waals surface area (Å²) in [5, 5.41) is 4.30. The summed E-state index contributed by atoms with van der Waals surface area (Å²) in [5.41, 5.74) is 2.54. The van der Waals surface area contributed by atoms with Gasteiger partial charge in [0.2, 0.25) is 0 Å². The molecule has 0 saturated carbocycles. The second kappa shape index (κ2) is 5.69. The number of aromatic nitrogens is 2. The molecule has 1 aromatic heterocycles. The van der Waals surface area contributed by atoms with E-state index in [0.717, 1.165) is 17.5 Å². The van der Waals surface area contributed by atoms with Crippen molar-refractivity contribution in [2.24, 2.45) is 0 Å². The average molecular weight is 258 g/mol. The van der Waals surface area contributed by atoms with Gasteiger partial charge in [0, 0.05) is 17.8 Å². The molecule has 4 nitrogen and oxygen atoms in total. The molecule has 0 radical (unpaired) electrons. The van der Waals surface area contributed by atoms with Crippen molar-refractivity contribution in [2.75, 3.05) is 6.61 Å². The van der Waals surface area contributed by atoms with Crippen LogP contribution < -0.4 is 4.74 Å². The summed E-state index contributed by atoms with van der Waals surface area (Å²) in [4.78, 5) is 11.1. The number of aldehydes is 1. The molecule has 0 unspecified atom stereocenters. The number of hydrogen-bond acceptors (Lipinski definition) is 3. The zero-order valence-corrected chi connectivity index (χ0v) is 11.5. The van der Waals surface area contributed by atoms with Gasteiger partial charge in [-0.3, -0.25) is 9.48 Å². The zero-order chi connectivity index (χ0) is 13.8. The Labute approximate surface area is 113 Å². The molecular weight excluding hydrogens is 240 g/mol. The smallest absolute Gasteiger partial charge is 0.153 e. The number of nitrogens with zero attached hydrogens (tertiary/aromatic N) is 2. The Kier molecular flexibility index (Phi) is 4.00. The Morgan fingerprint density at radius 2 is 2.16 bits per heavy atom. The average Bonchev–Trinajstić information content (AvgIpc) is 2.89. The molecule has 0 aliphatic rings. The molecule has 0 bridgehead atoms. The Morgan fingerprint density at radius 3 is 2.79 bits per heavy atom. The fourth-order valence-electron chi connectivity index (χ4n) is 2.04. The monoisotopic (exact) mass is 258 g/mol. The maximum Gasteiger partial charge on any atom is 0.153 e. The van der Waals surface area contributed by atoms with Crippen LogP contribution >= 0.6 is 0 Å². The summed E-state index contributed by atoms with van der Waals surface area (Å²) in [6.07, 6.45) is 2.59. The molecule has 0 spiro atoms. The van der Waals surface area contributed by atoms with E-state index >= 15 is 0 Å². The normalized spacial score (nSPS) is 10.7. The molecule has 0 aliphatic carbocycles. The lowest BCUT2D eigenvalue weighted by Gasteiger charge is -2.12. The first-order valence-electron chi connectivity index (χ1n) is 6.43. The van der Waals surface area contributed by atoms with Gasteiger partial charge in [0.25, 0.3) is 0 Å². The Bertz CT molecular complexity index is 573. The summed E-state index contributed by atoms with van der Waals surface area (Å²) < 4.78 is 7.36. The van der Waals surface area contributed by atoms with Crippen LogP contribution in [0.25, 0.3) is 11.3 Å². The van der Waals surface area contributed by atoms with Gasteiger partial charge in [-0.25, -0.2) is 0 Å². The van der Waals surface area contributed by atoms with Crippen molar-refractivity contribution in [1.29, 1.82) is 0 Å². The highest BCUT2D eigenvalue weighted by Gasteiger charge is 2.11. The molecule has 0 N–H and O–H groups in total. The summed E-state index contributed by atoms with van der Waals surface area (Å²) >= 11 is 0. The van der Waals surface area contributed by atoms with Crippen molar-refractivity contribution in [2.45, 2.75) is 26.8 Å². The quantitative estimate of drug-likeness (QED) is 0.772. The fraction of sp³-hybridized carbons (Fsp3) is 0.333. The van der Waals surface area contributed by atoms with Crippen LogP contribution in [0, 0.1) is 0 Å². The summed E-state index contributed by atoms with van der Waals surface area (Å²) in [5.74, 6) is 0.622. The SMILES string of the molecule is CCOc1ccc(-c2ccnn2C(C)C)cc1C=O. The number of hydrogen-bond donors (Lipinski definition) is 0. The molecule has 100 valence electrons. The molecule has 0 amide bonds. The summed E-state index contributed by atoms with van der Waals surface area (Å²) in [7, 11) is 0. The third-order valence-electron chi connectivity index (χ3n) is 2.89. The summed E-state index contributed by atoms with van der Waals surface area (Å²) in [6.45, 7) is 6.60. The van der Waals surface area contributed by atoms with Gasteiger partial charge in [0.15, 0.2) is 6.29 Å². The molecule has 2 aromatic rings. The first-order valence-corrected chi connectivity index (χ1v) is 6.43. The first kappa shape index (κ1) is 13.3. The van der Waals surface area contributed by atoms with Crippen LogP contribution in [0.15, 0.2) is 30.5 Å². The minimum absolute atomic E-state index is 0.274. The largest absolute Gasteiger partial charge is 0.493 e. The van der Waals surface area contributed by atoms with E-state index in [1.54, 1.807) is 6.20 Å². The van der Waals surface area contributed by atoms with E-state index in [-0.39, 0.29) is 6.04 Å². The number of carbonyl (C=O) groups excluding carboxylic acids is 1. The predicted molar refractivity (Wildman–Crippen MR) is 74.6 cm³/mol. The maximum atomic E-state index is 11.1. The van der Waals surface area contributed by atoms with Gasteiger partial charge < -0.3 is 4.74 Å². The van der Waals surface area contributed by atoms with Crippen molar-refractivity contribution in [3.05, 3.63) is 36.0 Å². The third-order valence-corrected chi connectivity index (χ3v) is 2.89. The van der Waals surface area contributed by atoms with E-state index < -0.39 is 0 Å². The maximum absolute atomic E-state index is 11.1. The van der Waals surface area contributed by atoms with Gasteiger partial charge in [0.05, 0.1) is 17.9 Å². The number of ether oxygens (including phenoxy) is 1. The van der Waals surface area contributed by atoms with E-state index in [4.69, 9.17) is 4.74 Å². The number of benzene rings is 1. The van der Waals surface area contributed by atoms with Gasteiger partial charge in [-0.05, 0) is 45.0 Å². The van der Waals surface area contributed by atoms with Gasteiger partial charge in [-0.2, -0.15) is 5.10 Å². The fourth-order valence-corrected chi connectivity index (χ4v) is 2.04. The van der Waals surface area contributed by atoms with E-state index in [1.165, 1.54) is 0 Å². The van der Waals surface area contributed by atoms with E-state index in [0.29, 0.717) is 17.9 Å². The van der Waals surface area contributed by atoms with Crippen molar-refractivity contribution >= 4 is 6.29 Å². The molecule has 0 atom stereocenters. The molecule has 2 rings (SSSR count). The van der Waals surface area contributed by atoms with Crippen molar-refractivity contribution in [1.82, 2.24) is 9.78 Å². The Balaban J connectivity index is 2.45. The Morgan fingerprint density at radius 1 is 1.37 bits per heavy atom. The van der Waals surface area contributed by atoms with Crippen LogP contribution in [-0.4, -0.2) is 22.7 Å². The van der Waals surface area contributed by atoms with Crippen LogP contribution in [0.3, 0.4) is 0 Å². The topological polar surface area (TPSA) is 44.1 Å². The van der Waals surface area contributed by atoms with Gasteiger partial charge in [-0.1, -0.05) is 0 Å². The van der Waals surface area contributed by atoms with Gasteiger partial charge >= 0.3 is 0 Å². The van der Waals surface area contributed by atoms with Crippen molar-refractivity contribution in [3.8, 4) is 17.0 Å². The lowest BCUT2D eigenvalue weighted by atomic mass is 10.1. The molecule has 1 aromatic carbocycles. The van der Waals surface area contributed by atoms with E-state index in [9.17, 15) is 4.79 Å². The number of carbonyl (C=O) groups is 1. The zero-order valence-electron chi connectivity index (χ0n) is 11.5. The van der Waals surface area contributed by atoms with Crippen molar-refractivity contribution in [3.63, 3.8) is 0 Å². The van der Waals surface area contributed by atoms with Crippen LogP contribution in [0.1, 0.15) is 37.2 Å². The van der Waals surface area contributed by atoms with Crippen LogP contribution in [0.2, 0.25) is 0 Å². The molecule has 0 saturated heterocycles. The van der Waals surface area contributed by atoms with Gasteiger partial charge in [0.1, 0.15) is 5.75 Å². The molecule has 1 heterocycles. The number of rotatable bonds is 5. The van der Waals surface area contributed by atoms with Crippen LogP contribution in [0.5, 0.6) is 5.75 Å². The second-order valence-corrected chi connectivity index (χ2v) is 4.56. The minimum Gasteiger partial charge on any atom is -0.493 e. The highest BCUT2D eigenvalue weighted by Crippen LogP contribution is 2.27. The van der Waals surface area contributed by atoms with Crippen molar-refractivity contribution < 1.29 is 9.53 Å². The van der Waals surface area contributed by atoms with Crippen LogP contribution in [-0.2, 0) is 0 Å². The minimum atomic E-state index is 0.274.